The zero-order chi connectivity index (χ0) is 16.0. The summed E-state index contributed by atoms with van der Waals surface area (Å²) >= 11 is 0. The molecule has 0 fully saturated rings. The molecule has 1 aromatic rings. The van der Waals surface area contributed by atoms with E-state index in [0.29, 0.717) is 11.3 Å². The number of nitrogens with zero attached hydrogens (tertiary/aromatic N) is 2. The molecule has 0 spiro atoms. The highest BCUT2D eigenvalue weighted by Gasteiger charge is 2.23. The first-order chi connectivity index (χ1) is 9.92. The molecule has 116 valence electrons. The van der Waals surface area contributed by atoms with Crippen LogP contribution in [0.15, 0.2) is 18.2 Å². The summed E-state index contributed by atoms with van der Waals surface area (Å²) in [5.74, 6) is -0.159. The molecule has 5 nitrogen and oxygen atoms in total. The van der Waals surface area contributed by atoms with Crippen molar-refractivity contribution < 1.29 is 9.72 Å². The summed E-state index contributed by atoms with van der Waals surface area (Å²) in [6, 6.07) is 4.99. The molecular formula is C16H24N2O3. The Kier molecular flexibility index (Phi) is 6.34. The summed E-state index contributed by atoms with van der Waals surface area (Å²) < 4.78 is 0. The van der Waals surface area contributed by atoms with Gasteiger partial charge in [-0.05, 0) is 38.8 Å². The minimum atomic E-state index is -0.400. The van der Waals surface area contributed by atoms with E-state index in [2.05, 4.69) is 25.7 Å². The highest BCUT2D eigenvalue weighted by Crippen LogP contribution is 2.31. The van der Waals surface area contributed by atoms with Gasteiger partial charge in [0, 0.05) is 24.2 Å². The summed E-state index contributed by atoms with van der Waals surface area (Å²) in [6.07, 6.45) is 2.93. The molecule has 1 aromatic carbocycles. The van der Waals surface area contributed by atoms with E-state index in [1.165, 1.54) is 13.0 Å². The SMILES string of the molecule is CCCCN(c1ccc(C(C)=O)cc1[N+](=O)[O-])C(C)CC. The van der Waals surface area contributed by atoms with E-state index in [9.17, 15) is 14.9 Å². The van der Waals surface area contributed by atoms with Crippen LogP contribution in [-0.4, -0.2) is 23.3 Å². The average Bonchev–Trinajstić information content (AvgIpc) is 2.46. The zero-order valence-corrected chi connectivity index (χ0v) is 13.3. The lowest BCUT2D eigenvalue weighted by atomic mass is 10.1. The molecule has 0 saturated heterocycles. The van der Waals surface area contributed by atoms with E-state index in [0.717, 1.165) is 25.8 Å². The minimum Gasteiger partial charge on any atom is -0.363 e. The van der Waals surface area contributed by atoms with E-state index in [4.69, 9.17) is 0 Å². The van der Waals surface area contributed by atoms with Crippen molar-refractivity contribution in [1.29, 1.82) is 0 Å². The Morgan fingerprint density at radius 3 is 2.52 bits per heavy atom. The summed E-state index contributed by atoms with van der Waals surface area (Å²) in [6.45, 7) is 8.44. The number of nitro benzene ring substituents is 1. The van der Waals surface area contributed by atoms with Crippen molar-refractivity contribution in [2.45, 2.75) is 53.0 Å². The van der Waals surface area contributed by atoms with Gasteiger partial charge >= 0.3 is 0 Å². The number of hydrogen-bond acceptors (Lipinski definition) is 4. The Bertz CT molecular complexity index is 514. The van der Waals surface area contributed by atoms with Gasteiger partial charge in [0.1, 0.15) is 5.69 Å². The molecule has 0 aliphatic heterocycles. The molecule has 5 heteroatoms. The quantitative estimate of drug-likeness (QED) is 0.409. The molecule has 1 atom stereocenters. The minimum absolute atomic E-state index is 0.0131. The topological polar surface area (TPSA) is 63.5 Å². The number of carbonyl (C=O) groups excluding carboxylic acids is 1. The molecule has 0 heterocycles. The second-order valence-corrected chi connectivity index (χ2v) is 5.32. The van der Waals surface area contributed by atoms with E-state index < -0.39 is 4.92 Å². The van der Waals surface area contributed by atoms with Crippen LogP contribution in [0.3, 0.4) is 0 Å². The monoisotopic (exact) mass is 292 g/mol. The molecule has 0 amide bonds. The summed E-state index contributed by atoms with van der Waals surface area (Å²) in [5.41, 5.74) is 0.997. The van der Waals surface area contributed by atoms with Gasteiger partial charge < -0.3 is 4.90 Å². The third kappa shape index (κ3) is 4.28. The molecule has 0 N–H and O–H groups in total. The number of unbranched alkanes of at least 4 members (excludes halogenated alkanes) is 1. The van der Waals surface area contributed by atoms with Crippen molar-refractivity contribution in [2.24, 2.45) is 0 Å². The number of rotatable bonds is 8. The molecule has 0 aromatic heterocycles. The maximum Gasteiger partial charge on any atom is 0.293 e. The highest BCUT2D eigenvalue weighted by atomic mass is 16.6. The van der Waals surface area contributed by atoms with Crippen LogP contribution < -0.4 is 4.90 Å². The van der Waals surface area contributed by atoms with Gasteiger partial charge in [-0.1, -0.05) is 20.3 Å². The largest absolute Gasteiger partial charge is 0.363 e. The van der Waals surface area contributed by atoms with E-state index in [1.807, 2.05) is 0 Å². The first-order valence-corrected chi connectivity index (χ1v) is 7.48. The number of carbonyl (C=O) groups is 1. The molecule has 1 rings (SSSR count). The average molecular weight is 292 g/mol. The first-order valence-electron chi connectivity index (χ1n) is 7.48. The summed E-state index contributed by atoms with van der Waals surface area (Å²) in [5, 5.41) is 11.4. The number of hydrogen-bond donors (Lipinski definition) is 0. The lowest BCUT2D eigenvalue weighted by molar-refractivity contribution is -0.384. The summed E-state index contributed by atoms with van der Waals surface area (Å²) in [7, 11) is 0. The molecule has 0 radical (unpaired) electrons. The Morgan fingerprint density at radius 1 is 1.38 bits per heavy atom. The van der Waals surface area contributed by atoms with Crippen LogP contribution >= 0.6 is 0 Å². The van der Waals surface area contributed by atoms with Gasteiger partial charge in [-0.3, -0.25) is 14.9 Å². The van der Waals surface area contributed by atoms with Gasteiger partial charge in [0.2, 0.25) is 0 Å². The van der Waals surface area contributed by atoms with Gasteiger partial charge in [-0.25, -0.2) is 0 Å². The van der Waals surface area contributed by atoms with Crippen LogP contribution in [0.1, 0.15) is 57.3 Å². The van der Waals surface area contributed by atoms with Crippen LogP contribution in [0, 0.1) is 10.1 Å². The Labute approximate surface area is 126 Å². The molecular weight excluding hydrogens is 268 g/mol. The van der Waals surface area contributed by atoms with Gasteiger partial charge in [-0.15, -0.1) is 0 Å². The normalized spacial score (nSPS) is 12.0. The van der Waals surface area contributed by atoms with Crippen molar-refractivity contribution in [3.05, 3.63) is 33.9 Å². The maximum absolute atomic E-state index is 11.4. The van der Waals surface area contributed by atoms with Crippen LogP contribution in [0.25, 0.3) is 0 Å². The Balaban J connectivity index is 3.28. The lowest BCUT2D eigenvalue weighted by Crippen LogP contribution is -2.34. The second kappa shape index (κ2) is 7.76. The lowest BCUT2D eigenvalue weighted by Gasteiger charge is -2.30. The number of ketones is 1. The van der Waals surface area contributed by atoms with Crippen LogP contribution in [0.4, 0.5) is 11.4 Å². The van der Waals surface area contributed by atoms with Crippen LogP contribution in [0.2, 0.25) is 0 Å². The smallest absolute Gasteiger partial charge is 0.293 e. The molecule has 0 aliphatic carbocycles. The zero-order valence-electron chi connectivity index (χ0n) is 13.3. The number of Topliss-reactive ketones (excluding diaryl/α,β-unsaturated/α-hetero) is 1. The maximum atomic E-state index is 11.4. The molecule has 1 unspecified atom stereocenters. The Hall–Kier alpha value is -1.91. The first kappa shape index (κ1) is 17.1. The van der Waals surface area contributed by atoms with Gasteiger partial charge in [-0.2, -0.15) is 0 Å². The van der Waals surface area contributed by atoms with Gasteiger partial charge in [0.25, 0.3) is 5.69 Å². The number of nitro groups is 1. The van der Waals surface area contributed by atoms with Crippen molar-refractivity contribution in [3.8, 4) is 0 Å². The molecule has 21 heavy (non-hydrogen) atoms. The fourth-order valence-electron chi connectivity index (χ4n) is 2.26. The van der Waals surface area contributed by atoms with Gasteiger partial charge in [0.05, 0.1) is 4.92 Å². The van der Waals surface area contributed by atoms with Crippen LogP contribution in [0.5, 0.6) is 0 Å². The number of anilines is 1. The summed E-state index contributed by atoms with van der Waals surface area (Å²) in [4.78, 5) is 24.5. The molecule has 0 saturated carbocycles. The highest BCUT2D eigenvalue weighted by molar-refractivity contribution is 5.95. The standard InChI is InChI=1S/C16H24N2O3/c1-5-7-10-17(12(3)6-2)15-9-8-14(13(4)19)11-16(15)18(20)21/h8-9,11-12H,5-7,10H2,1-4H3. The fraction of sp³-hybridized carbons (Fsp3) is 0.562. The second-order valence-electron chi connectivity index (χ2n) is 5.32. The van der Waals surface area contributed by atoms with E-state index in [-0.39, 0.29) is 17.5 Å². The third-order valence-corrected chi connectivity index (χ3v) is 3.76. The van der Waals surface area contributed by atoms with Crippen molar-refractivity contribution >= 4 is 17.2 Å². The van der Waals surface area contributed by atoms with Gasteiger partial charge in [0.15, 0.2) is 5.78 Å². The van der Waals surface area contributed by atoms with Crippen molar-refractivity contribution in [1.82, 2.24) is 0 Å². The Morgan fingerprint density at radius 2 is 2.05 bits per heavy atom. The van der Waals surface area contributed by atoms with E-state index in [1.54, 1.807) is 12.1 Å². The van der Waals surface area contributed by atoms with E-state index >= 15 is 0 Å². The predicted octanol–water partition coefficient (Wildman–Crippen LogP) is 4.20. The molecule has 0 bridgehead atoms. The third-order valence-electron chi connectivity index (χ3n) is 3.76. The fourth-order valence-corrected chi connectivity index (χ4v) is 2.26. The molecule has 0 aliphatic rings. The van der Waals surface area contributed by atoms with Crippen LogP contribution in [-0.2, 0) is 0 Å². The van der Waals surface area contributed by atoms with Crippen molar-refractivity contribution in [3.63, 3.8) is 0 Å². The number of benzene rings is 1. The predicted molar refractivity (Wildman–Crippen MR) is 85.1 cm³/mol. The van der Waals surface area contributed by atoms with Crippen molar-refractivity contribution in [2.75, 3.05) is 11.4 Å².